The second-order valence-corrected chi connectivity index (χ2v) is 7.50. The van der Waals surface area contributed by atoms with Crippen molar-refractivity contribution < 1.29 is 5.11 Å². The van der Waals surface area contributed by atoms with E-state index in [-0.39, 0.29) is 5.41 Å². The molecule has 21 heavy (non-hydrogen) atoms. The second kappa shape index (κ2) is 7.42. The van der Waals surface area contributed by atoms with Crippen LogP contribution in [0, 0.1) is 11.3 Å². The number of aliphatic hydroxyl groups is 1. The third-order valence-corrected chi connectivity index (χ3v) is 4.83. The van der Waals surface area contributed by atoms with Crippen LogP contribution in [0.3, 0.4) is 0 Å². The SMILES string of the molecule is CN(CC1CCCCC1)CC(C)(C)C(O)c1ccccc1. The van der Waals surface area contributed by atoms with Crippen molar-refractivity contribution in [2.45, 2.75) is 52.1 Å². The number of benzene rings is 1. The third-order valence-electron chi connectivity index (χ3n) is 4.83. The maximum Gasteiger partial charge on any atom is 0.0853 e. The predicted molar refractivity (Wildman–Crippen MR) is 89.3 cm³/mol. The molecule has 0 aliphatic heterocycles. The van der Waals surface area contributed by atoms with E-state index >= 15 is 0 Å². The zero-order valence-corrected chi connectivity index (χ0v) is 13.9. The summed E-state index contributed by atoms with van der Waals surface area (Å²) in [6.07, 6.45) is 6.56. The molecule has 1 saturated carbocycles. The highest BCUT2D eigenvalue weighted by Crippen LogP contribution is 2.34. The summed E-state index contributed by atoms with van der Waals surface area (Å²) in [5.41, 5.74) is 0.888. The van der Waals surface area contributed by atoms with E-state index in [1.54, 1.807) is 0 Å². The molecule has 0 spiro atoms. The number of rotatable bonds is 6. The normalized spacial score (nSPS) is 18.9. The molecule has 0 heterocycles. The molecule has 118 valence electrons. The molecule has 0 amide bonds. The topological polar surface area (TPSA) is 23.5 Å². The highest BCUT2D eigenvalue weighted by atomic mass is 16.3. The first-order valence-corrected chi connectivity index (χ1v) is 8.40. The van der Waals surface area contributed by atoms with Gasteiger partial charge >= 0.3 is 0 Å². The van der Waals surface area contributed by atoms with Gasteiger partial charge in [-0.05, 0) is 31.4 Å². The van der Waals surface area contributed by atoms with E-state index in [1.807, 2.05) is 30.3 Å². The van der Waals surface area contributed by atoms with Crippen LogP contribution in [0.15, 0.2) is 30.3 Å². The number of hydrogen-bond donors (Lipinski definition) is 1. The summed E-state index contributed by atoms with van der Waals surface area (Å²) in [5.74, 6) is 0.855. The first-order valence-electron chi connectivity index (χ1n) is 8.40. The minimum atomic E-state index is -0.410. The maximum atomic E-state index is 10.7. The lowest BCUT2D eigenvalue weighted by atomic mass is 9.81. The Kier molecular flexibility index (Phi) is 5.83. The van der Waals surface area contributed by atoms with E-state index in [9.17, 15) is 5.11 Å². The Morgan fingerprint density at radius 1 is 1.14 bits per heavy atom. The Hall–Kier alpha value is -0.860. The summed E-state index contributed by atoms with van der Waals surface area (Å²) >= 11 is 0. The van der Waals surface area contributed by atoms with Crippen LogP contribution in [0.1, 0.15) is 57.6 Å². The minimum absolute atomic E-state index is 0.134. The molecule has 1 aromatic carbocycles. The van der Waals surface area contributed by atoms with Gasteiger partial charge in [0.15, 0.2) is 0 Å². The molecule has 1 atom stereocenters. The molecule has 1 aliphatic rings. The summed E-state index contributed by atoms with van der Waals surface area (Å²) in [7, 11) is 2.20. The summed E-state index contributed by atoms with van der Waals surface area (Å²) in [6.45, 7) is 6.44. The molecule has 1 aliphatic carbocycles. The average molecular weight is 289 g/mol. The lowest BCUT2D eigenvalue weighted by Crippen LogP contribution is -2.38. The van der Waals surface area contributed by atoms with E-state index in [0.717, 1.165) is 18.0 Å². The molecule has 0 aromatic heterocycles. The van der Waals surface area contributed by atoms with Crippen LogP contribution in [0.5, 0.6) is 0 Å². The Balaban J connectivity index is 1.89. The fourth-order valence-electron chi connectivity index (χ4n) is 3.74. The van der Waals surface area contributed by atoms with Crippen LogP contribution in [-0.4, -0.2) is 30.1 Å². The largest absolute Gasteiger partial charge is 0.388 e. The quantitative estimate of drug-likeness (QED) is 0.846. The van der Waals surface area contributed by atoms with Crippen LogP contribution in [-0.2, 0) is 0 Å². The van der Waals surface area contributed by atoms with Gasteiger partial charge in [0.2, 0.25) is 0 Å². The first-order chi connectivity index (χ1) is 9.99. The van der Waals surface area contributed by atoms with Gasteiger partial charge in [0.05, 0.1) is 6.10 Å². The highest BCUT2D eigenvalue weighted by Gasteiger charge is 2.31. The number of hydrogen-bond acceptors (Lipinski definition) is 2. The van der Waals surface area contributed by atoms with Crippen molar-refractivity contribution in [1.82, 2.24) is 4.90 Å². The molecule has 0 radical (unpaired) electrons. The van der Waals surface area contributed by atoms with Crippen molar-refractivity contribution in [3.63, 3.8) is 0 Å². The monoisotopic (exact) mass is 289 g/mol. The van der Waals surface area contributed by atoms with Gasteiger partial charge in [-0.25, -0.2) is 0 Å². The van der Waals surface area contributed by atoms with Crippen molar-refractivity contribution in [2.75, 3.05) is 20.1 Å². The fraction of sp³-hybridized carbons (Fsp3) is 0.684. The number of aliphatic hydroxyl groups excluding tert-OH is 1. The molecule has 2 nitrogen and oxygen atoms in total. The van der Waals surface area contributed by atoms with Gasteiger partial charge in [-0.3, -0.25) is 0 Å². The van der Waals surface area contributed by atoms with Gasteiger partial charge in [-0.2, -0.15) is 0 Å². The van der Waals surface area contributed by atoms with Gasteiger partial charge in [0.1, 0.15) is 0 Å². The Labute approximate surface area is 130 Å². The highest BCUT2D eigenvalue weighted by molar-refractivity contribution is 5.19. The molecular formula is C19H31NO. The first kappa shape index (κ1) is 16.5. The van der Waals surface area contributed by atoms with Crippen molar-refractivity contribution in [2.24, 2.45) is 11.3 Å². The predicted octanol–water partition coefficient (Wildman–Crippen LogP) is 4.26. The van der Waals surface area contributed by atoms with Crippen LogP contribution in [0.4, 0.5) is 0 Å². The van der Waals surface area contributed by atoms with E-state index in [1.165, 1.54) is 38.6 Å². The van der Waals surface area contributed by atoms with Crippen LogP contribution < -0.4 is 0 Å². The van der Waals surface area contributed by atoms with Crippen LogP contribution in [0.25, 0.3) is 0 Å². The van der Waals surface area contributed by atoms with Crippen molar-refractivity contribution in [3.05, 3.63) is 35.9 Å². The Bertz CT molecular complexity index is 409. The Morgan fingerprint density at radius 2 is 1.76 bits per heavy atom. The van der Waals surface area contributed by atoms with E-state index < -0.39 is 6.10 Å². The molecule has 2 rings (SSSR count). The summed E-state index contributed by atoms with van der Waals surface area (Å²) in [4.78, 5) is 2.42. The van der Waals surface area contributed by atoms with Gasteiger partial charge in [0.25, 0.3) is 0 Å². The molecule has 1 N–H and O–H groups in total. The molecule has 1 fully saturated rings. The molecule has 1 unspecified atom stereocenters. The molecule has 0 saturated heterocycles. The zero-order chi connectivity index (χ0) is 15.3. The summed E-state index contributed by atoms with van der Waals surface area (Å²) in [6, 6.07) is 10.0. The van der Waals surface area contributed by atoms with Crippen molar-refractivity contribution >= 4 is 0 Å². The van der Waals surface area contributed by atoms with E-state index in [0.29, 0.717) is 0 Å². The molecular weight excluding hydrogens is 258 g/mol. The van der Waals surface area contributed by atoms with Crippen molar-refractivity contribution in [1.29, 1.82) is 0 Å². The average Bonchev–Trinajstić information content (AvgIpc) is 2.47. The molecule has 2 heteroatoms. The van der Waals surface area contributed by atoms with Gasteiger partial charge in [-0.1, -0.05) is 63.4 Å². The van der Waals surface area contributed by atoms with Gasteiger partial charge < -0.3 is 10.0 Å². The maximum absolute atomic E-state index is 10.7. The third kappa shape index (κ3) is 4.82. The molecule has 1 aromatic rings. The Morgan fingerprint density at radius 3 is 2.38 bits per heavy atom. The lowest BCUT2D eigenvalue weighted by Gasteiger charge is -2.36. The fourth-order valence-corrected chi connectivity index (χ4v) is 3.74. The summed E-state index contributed by atoms with van der Waals surface area (Å²) < 4.78 is 0. The smallest absolute Gasteiger partial charge is 0.0853 e. The van der Waals surface area contributed by atoms with E-state index in [4.69, 9.17) is 0 Å². The van der Waals surface area contributed by atoms with E-state index in [2.05, 4.69) is 25.8 Å². The summed E-state index contributed by atoms with van der Waals surface area (Å²) in [5, 5.41) is 10.7. The minimum Gasteiger partial charge on any atom is -0.388 e. The van der Waals surface area contributed by atoms with Crippen LogP contribution in [0.2, 0.25) is 0 Å². The van der Waals surface area contributed by atoms with Gasteiger partial charge in [0, 0.05) is 18.5 Å². The zero-order valence-electron chi connectivity index (χ0n) is 13.9. The van der Waals surface area contributed by atoms with Crippen LogP contribution >= 0.6 is 0 Å². The molecule has 0 bridgehead atoms. The van der Waals surface area contributed by atoms with Gasteiger partial charge in [-0.15, -0.1) is 0 Å². The second-order valence-electron chi connectivity index (χ2n) is 7.50. The lowest BCUT2D eigenvalue weighted by molar-refractivity contribution is 0.0218. The standard InChI is InChI=1S/C19H31NO/c1-19(2,18(21)17-12-8-5-9-13-17)15-20(3)14-16-10-6-4-7-11-16/h5,8-9,12-13,16,18,21H,4,6-7,10-11,14-15H2,1-3H3. The number of nitrogens with zero attached hydrogens (tertiary/aromatic N) is 1. The van der Waals surface area contributed by atoms with Crippen molar-refractivity contribution in [3.8, 4) is 0 Å².